The zero-order chi connectivity index (χ0) is 12.3. The molecule has 0 radical (unpaired) electrons. The molecule has 1 aromatic carbocycles. The first-order valence-electron chi connectivity index (χ1n) is 6.28. The highest BCUT2D eigenvalue weighted by atomic mass is 16.3. The van der Waals surface area contributed by atoms with Crippen molar-refractivity contribution in [2.24, 2.45) is 0 Å². The molecule has 18 heavy (non-hydrogen) atoms. The summed E-state index contributed by atoms with van der Waals surface area (Å²) in [5.74, 6) is 1.00. The number of phenolic OH excluding ortho intramolecular Hbond substituents is 2. The van der Waals surface area contributed by atoms with Crippen molar-refractivity contribution < 1.29 is 10.2 Å². The summed E-state index contributed by atoms with van der Waals surface area (Å²) < 4.78 is 0. The average molecular weight is 239 g/mol. The van der Waals surface area contributed by atoms with E-state index in [0.717, 1.165) is 24.0 Å². The number of allylic oxidation sites excluding steroid dienone is 2. The molecule has 3 aliphatic rings. The molecular weight excluding hydrogens is 226 g/mol. The number of rotatable bonds is 0. The number of hydrogen-bond donors (Lipinski definition) is 2. The summed E-state index contributed by atoms with van der Waals surface area (Å²) in [6, 6.07) is 3.59. The number of hydrogen-bond acceptors (Lipinski definition) is 3. The van der Waals surface area contributed by atoms with E-state index < -0.39 is 0 Å². The van der Waals surface area contributed by atoms with E-state index >= 15 is 0 Å². The maximum Gasteiger partial charge on any atom is 0.146 e. The van der Waals surface area contributed by atoms with Crippen LogP contribution in [0.3, 0.4) is 0 Å². The van der Waals surface area contributed by atoms with Gasteiger partial charge in [-0.2, -0.15) is 0 Å². The zero-order valence-electron chi connectivity index (χ0n) is 9.80. The maximum absolute atomic E-state index is 10.5. The number of pyridine rings is 1. The van der Waals surface area contributed by atoms with Crippen LogP contribution in [0.4, 0.5) is 0 Å². The highest BCUT2D eigenvalue weighted by Gasteiger charge is 2.35. The predicted molar refractivity (Wildman–Crippen MR) is 68.9 cm³/mol. The van der Waals surface area contributed by atoms with E-state index in [9.17, 15) is 10.2 Å². The Kier molecular flexibility index (Phi) is 1.80. The van der Waals surface area contributed by atoms with Crippen LogP contribution in [0.1, 0.15) is 35.8 Å². The van der Waals surface area contributed by atoms with Crippen LogP contribution in [-0.2, 0) is 0 Å². The molecule has 2 atom stereocenters. The Morgan fingerprint density at radius 1 is 1.00 bits per heavy atom. The summed E-state index contributed by atoms with van der Waals surface area (Å²) in [5, 5.41) is 21.5. The number of phenols is 2. The Hall–Kier alpha value is -2.03. The molecule has 2 N–H and O–H groups in total. The highest BCUT2D eigenvalue weighted by Crippen LogP contribution is 2.54. The molecule has 3 heteroatoms. The number of nitrogens with zero attached hydrogens (tertiary/aromatic N) is 1. The summed E-state index contributed by atoms with van der Waals surface area (Å²) in [4.78, 5) is 4.20. The fourth-order valence-electron chi connectivity index (χ4n) is 3.36. The van der Waals surface area contributed by atoms with Gasteiger partial charge in [0, 0.05) is 34.5 Å². The van der Waals surface area contributed by atoms with Crippen molar-refractivity contribution in [3.63, 3.8) is 0 Å². The topological polar surface area (TPSA) is 53.4 Å². The van der Waals surface area contributed by atoms with Gasteiger partial charge in [-0.15, -0.1) is 0 Å². The second kappa shape index (κ2) is 3.25. The first-order chi connectivity index (χ1) is 8.77. The van der Waals surface area contributed by atoms with E-state index in [0.29, 0.717) is 16.7 Å². The SMILES string of the molecule is Oc1c2c(c(O)c3ncccc13)[C@@H]1C=C[C@H]2CC1. The number of fused-ring (bicyclic) bond motifs is 2. The molecular formula is C15H13NO2. The average Bonchev–Trinajstić information content (AvgIpc) is 2.45. The standard InChI is InChI=1S/C15H13NO2/c17-14-10-2-1-7-16-13(10)15(18)12-9-5-3-8(4-6-9)11(12)14/h1-3,5,7-9,17-18H,4,6H2/t8-,9+/m0/s1. The van der Waals surface area contributed by atoms with Crippen LogP contribution in [0.25, 0.3) is 10.9 Å². The molecule has 0 amide bonds. The fraction of sp³-hybridized carbons (Fsp3) is 0.267. The van der Waals surface area contributed by atoms with Gasteiger partial charge in [0.15, 0.2) is 0 Å². The largest absolute Gasteiger partial charge is 0.507 e. The summed E-state index contributed by atoms with van der Waals surface area (Å²) in [7, 11) is 0. The minimum absolute atomic E-state index is 0.224. The van der Waals surface area contributed by atoms with Gasteiger partial charge in [-0.3, -0.25) is 4.98 Å². The smallest absolute Gasteiger partial charge is 0.146 e. The Morgan fingerprint density at radius 3 is 2.33 bits per heavy atom. The zero-order valence-corrected chi connectivity index (χ0v) is 9.80. The van der Waals surface area contributed by atoms with E-state index in [-0.39, 0.29) is 17.6 Å². The van der Waals surface area contributed by atoms with Crippen LogP contribution < -0.4 is 0 Å². The molecule has 0 spiro atoms. The lowest BCUT2D eigenvalue weighted by atomic mass is 9.70. The van der Waals surface area contributed by atoms with Crippen LogP contribution in [0.2, 0.25) is 0 Å². The van der Waals surface area contributed by atoms with Gasteiger partial charge in [-0.05, 0) is 25.0 Å². The number of aromatic nitrogens is 1. The van der Waals surface area contributed by atoms with Crippen molar-refractivity contribution in [2.45, 2.75) is 24.7 Å². The van der Waals surface area contributed by atoms with Gasteiger partial charge in [-0.1, -0.05) is 12.2 Å². The summed E-state index contributed by atoms with van der Waals surface area (Å²) in [5.41, 5.74) is 2.30. The Morgan fingerprint density at radius 2 is 1.67 bits per heavy atom. The minimum atomic E-state index is 0.224. The van der Waals surface area contributed by atoms with Crippen LogP contribution >= 0.6 is 0 Å². The van der Waals surface area contributed by atoms with Crippen LogP contribution in [0.15, 0.2) is 30.5 Å². The maximum atomic E-state index is 10.5. The third-order valence-electron chi connectivity index (χ3n) is 4.19. The van der Waals surface area contributed by atoms with Crippen molar-refractivity contribution in [2.75, 3.05) is 0 Å². The van der Waals surface area contributed by atoms with Crippen molar-refractivity contribution in [3.05, 3.63) is 41.6 Å². The third kappa shape index (κ3) is 1.07. The molecule has 0 fully saturated rings. The Bertz CT molecular complexity index is 632. The lowest BCUT2D eigenvalue weighted by Gasteiger charge is -2.34. The first-order valence-corrected chi connectivity index (χ1v) is 6.28. The molecule has 1 aromatic heterocycles. The molecule has 0 aliphatic heterocycles. The molecule has 3 aliphatic carbocycles. The van der Waals surface area contributed by atoms with E-state index in [1.807, 2.05) is 6.07 Å². The van der Waals surface area contributed by atoms with Gasteiger partial charge in [0.1, 0.15) is 17.0 Å². The summed E-state index contributed by atoms with van der Waals surface area (Å²) >= 11 is 0. The van der Waals surface area contributed by atoms with E-state index in [1.54, 1.807) is 12.3 Å². The van der Waals surface area contributed by atoms with Crippen molar-refractivity contribution >= 4 is 10.9 Å². The predicted octanol–water partition coefficient (Wildman–Crippen LogP) is 3.18. The molecule has 0 saturated heterocycles. The Labute approximate surface area is 104 Å². The van der Waals surface area contributed by atoms with Crippen molar-refractivity contribution in [1.29, 1.82) is 0 Å². The first kappa shape index (κ1) is 9.95. The molecule has 3 nitrogen and oxygen atoms in total. The van der Waals surface area contributed by atoms with Crippen LogP contribution in [0.5, 0.6) is 11.5 Å². The molecule has 90 valence electrons. The minimum Gasteiger partial charge on any atom is -0.507 e. The summed E-state index contributed by atoms with van der Waals surface area (Å²) in [6.45, 7) is 0. The second-order valence-electron chi connectivity index (χ2n) is 5.10. The highest BCUT2D eigenvalue weighted by molar-refractivity contribution is 5.93. The molecule has 0 unspecified atom stereocenters. The third-order valence-corrected chi connectivity index (χ3v) is 4.19. The van der Waals surface area contributed by atoms with E-state index in [4.69, 9.17) is 0 Å². The molecule has 0 saturated carbocycles. The van der Waals surface area contributed by atoms with Gasteiger partial charge in [-0.25, -0.2) is 0 Å². The lowest BCUT2D eigenvalue weighted by Crippen LogP contribution is -2.17. The van der Waals surface area contributed by atoms with Gasteiger partial charge >= 0.3 is 0 Å². The Balaban J connectivity index is 2.18. The van der Waals surface area contributed by atoms with Gasteiger partial charge < -0.3 is 10.2 Å². The van der Waals surface area contributed by atoms with Gasteiger partial charge in [0.25, 0.3) is 0 Å². The fourth-order valence-corrected chi connectivity index (χ4v) is 3.36. The second-order valence-corrected chi connectivity index (χ2v) is 5.10. The molecule has 1 heterocycles. The molecule has 2 bridgehead atoms. The molecule has 2 aromatic rings. The van der Waals surface area contributed by atoms with E-state index in [1.165, 1.54) is 0 Å². The monoisotopic (exact) mass is 239 g/mol. The quantitative estimate of drug-likeness (QED) is 0.548. The normalized spacial score (nSPS) is 24.4. The number of aromatic hydroxyl groups is 2. The lowest BCUT2D eigenvalue weighted by molar-refractivity contribution is 0.428. The van der Waals surface area contributed by atoms with Gasteiger partial charge in [0.2, 0.25) is 0 Å². The van der Waals surface area contributed by atoms with Crippen molar-refractivity contribution in [1.82, 2.24) is 4.98 Å². The van der Waals surface area contributed by atoms with E-state index in [2.05, 4.69) is 17.1 Å². The summed E-state index contributed by atoms with van der Waals surface area (Å²) in [6.07, 6.45) is 8.03. The molecule has 5 rings (SSSR count). The van der Waals surface area contributed by atoms with Gasteiger partial charge in [0.05, 0.1) is 0 Å². The number of benzene rings is 1. The van der Waals surface area contributed by atoms with Crippen LogP contribution in [-0.4, -0.2) is 15.2 Å². The van der Waals surface area contributed by atoms with Crippen molar-refractivity contribution in [3.8, 4) is 11.5 Å². The van der Waals surface area contributed by atoms with Crippen LogP contribution in [0, 0.1) is 0 Å².